The first kappa shape index (κ1) is 13.3. The molecule has 1 aliphatic carbocycles. The van der Waals surface area contributed by atoms with Gasteiger partial charge >= 0.3 is 5.97 Å². The number of hydrogen-bond donors (Lipinski definition) is 1. The van der Waals surface area contributed by atoms with Crippen LogP contribution in [0.5, 0.6) is 0 Å². The van der Waals surface area contributed by atoms with E-state index in [0.717, 1.165) is 32.1 Å². The van der Waals surface area contributed by atoms with E-state index in [1.165, 1.54) is 4.90 Å². The number of carbonyl (C=O) groups excluding carboxylic acids is 1. The Labute approximate surface area is 106 Å². The molecule has 0 unspecified atom stereocenters. The van der Waals surface area contributed by atoms with Gasteiger partial charge in [-0.1, -0.05) is 26.2 Å². The Morgan fingerprint density at radius 3 is 2.44 bits per heavy atom. The first-order valence-electron chi connectivity index (χ1n) is 6.62. The van der Waals surface area contributed by atoms with Crippen molar-refractivity contribution in [1.29, 1.82) is 0 Å². The first-order chi connectivity index (χ1) is 8.44. The second-order valence-corrected chi connectivity index (χ2v) is 5.77. The van der Waals surface area contributed by atoms with Crippen molar-refractivity contribution in [3.05, 3.63) is 0 Å². The minimum absolute atomic E-state index is 0.0641. The van der Waals surface area contributed by atoms with Crippen molar-refractivity contribution in [2.75, 3.05) is 6.54 Å². The number of likely N-dealkylation sites (tertiary alicyclic amines) is 1. The Bertz CT molecular complexity index is 352. The maximum absolute atomic E-state index is 13.4. The van der Waals surface area contributed by atoms with Gasteiger partial charge in [0.05, 0.1) is 6.54 Å². The predicted molar refractivity (Wildman–Crippen MR) is 63.8 cm³/mol. The lowest BCUT2D eigenvalue weighted by molar-refractivity contribution is -0.153. The average Bonchev–Trinajstić information content (AvgIpc) is 2.71. The van der Waals surface area contributed by atoms with Crippen LogP contribution in [0.25, 0.3) is 0 Å². The lowest BCUT2D eigenvalue weighted by Gasteiger charge is -2.36. The number of rotatable bonds is 2. The van der Waals surface area contributed by atoms with E-state index in [0.29, 0.717) is 0 Å². The molecule has 0 aromatic rings. The number of halogens is 1. The van der Waals surface area contributed by atoms with Gasteiger partial charge in [0, 0.05) is 11.8 Å². The molecule has 5 heteroatoms. The third-order valence-corrected chi connectivity index (χ3v) is 4.27. The van der Waals surface area contributed by atoms with E-state index in [1.807, 2.05) is 6.92 Å². The van der Waals surface area contributed by atoms with Gasteiger partial charge in [0.25, 0.3) is 0 Å². The molecule has 1 heterocycles. The number of amides is 1. The topological polar surface area (TPSA) is 57.6 Å². The highest BCUT2D eigenvalue weighted by Crippen LogP contribution is 2.39. The summed E-state index contributed by atoms with van der Waals surface area (Å²) in [5, 5.41) is 9.07. The molecule has 0 aromatic heterocycles. The van der Waals surface area contributed by atoms with Crippen molar-refractivity contribution < 1.29 is 19.1 Å². The van der Waals surface area contributed by atoms with Gasteiger partial charge < -0.3 is 10.0 Å². The maximum Gasteiger partial charge on any atom is 0.326 e. The van der Waals surface area contributed by atoms with E-state index < -0.39 is 23.6 Å². The molecule has 4 nitrogen and oxygen atoms in total. The average molecular weight is 257 g/mol. The number of hydrogen-bond acceptors (Lipinski definition) is 2. The number of carboxylic acid groups (broad SMARTS) is 1. The fraction of sp³-hybridized carbons (Fsp3) is 0.846. The van der Waals surface area contributed by atoms with Crippen LogP contribution in [0.4, 0.5) is 4.39 Å². The van der Waals surface area contributed by atoms with Gasteiger partial charge in [-0.2, -0.15) is 0 Å². The summed E-state index contributed by atoms with van der Waals surface area (Å²) in [5.41, 5.74) is -0.490. The standard InChI is InChI=1S/C13H20FNO3/c1-13(5-3-2-4-6-13)12(18)15-8-9(14)7-10(15)11(16)17/h9-10H,2-8H2,1H3,(H,16,17)/t9-,10+/m1/s1. The van der Waals surface area contributed by atoms with E-state index in [2.05, 4.69) is 0 Å². The molecule has 2 atom stereocenters. The van der Waals surface area contributed by atoms with E-state index >= 15 is 0 Å². The normalized spacial score (nSPS) is 31.3. The molecule has 0 spiro atoms. The second kappa shape index (κ2) is 4.86. The van der Waals surface area contributed by atoms with Crippen molar-refractivity contribution >= 4 is 11.9 Å². The Morgan fingerprint density at radius 1 is 1.28 bits per heavy atom. The summed E-state index contributed by atoms with van der Waals surface area (Å²) in [6.45, 7) is 1.82. The van der Waals surface area contributed by atoms with Crippen molar-refractivity contribution in [1.82, 2.24) is 4.90 Å². The Morgan fingerprint density at radius 2 is 1.89 bits per heavy atom. The van der Waals surface area contributed by atoms with Gasteiger partial charge in [0.2, 0.25) is 5.91 Å². The molecule has 0 bridgehead atoms. The lowest BCUT2D eigenvalue weighted by atomic mass is 9.74. The summed E-state index contributed by atoms with van der Waals surface area (Å²) in [6, 6.07) is -0.980. The van der Waals surface area contributed by atoms with Crippen LogP contribution in [0.2, 0.25) is 0 Å². The fourth-order valence-electron chi connectivity index (χ4n) is 3.14. The van der Waals surface area contributed by atoms with E-state index in [-0.39, 0.29) is 18.9 Å². The molecule has 18 heavy (non-hydrogen) atoms. The molecule has 1 aliphatic heterocycles. The van der Waals surface area contributed by atoms with Crippen LogP contribution in [0.15, 0.2) is 0 Å². The highest BCUT2D eigenvalue weighted by Gasteiger charge is 2.46. The van der Waals surface area contributed by atoms with Gasteiger partial charge in [-0.25, -0.2) is 9.18 Å². The quantitative estimate of drug-likeness (QED) is 0.823. The number of alkyl halides is 1. The van der Waals surface area contributed by atoms with Crippen LogP contribution in [0.3, 0.4) is 0 Å². The molecule has 2 aliphatic rings. The molecular formula is C13H20FNO3. The number of aliphatic carboxylic acids is 1. The maximum atomic E-state index is 13.4. The fourth-order valence-corrected chi connectivity index (χ4v) is 3.14. The molecule has 2 rings (SSSR count). The van der Waals surface area contributed by atoms with Crippen molar-refractivity contribution in [2.45, 2.75) is 57.7 Å². The van der Waals surface area contributed by atoms with Crippen LogP contribution >= 0.6 is 0 Å². The summed E-state index contributed by atoms with van der Waals surface area (Å²) in [5.74, 6) is -1.27. The van der Waals surface area contributed by atoms with Crippen LogP contribution in [-0.2, 0) is 9.59 Å². The summed E-state index contributed by atoms with van der Waals surface area (Å²) >= 11 is 0. The zero-order chi connectivity index (χ0) is 13.3. The van der Waals surface area contributed by atoms with Gasteiger partial charge in [0.15, 0.2) is 0 Å². The first-order valence-corrected chi connectivity index (χ1v) is 6.62. The Balaban J connectivity index is 2.14. The molecule has 2 fully saturated rings. The van der Waals surface area contributed by atoms with E-state index in [4.69, 9.17) is 5.11 Å². The van der Waals surface area contributed by atoms with E-state index in [9.17, 15) is 14.0 Å². The summed E-state index contributed by atoms with van der Waals surface area (Å²) in [7, 11) is 0. The van der Waals surface area contributed by atoms with Crippen molar-refractivity contribution in [3.63, 3.8) is 0 Å². The SMILES string of the molecule is CC1(C(=O)N2C[C@H](F)C[C@H]2C(=O)O)CCCCC1. The summed E-state index contributed by atoms with van der Waals surface area (Å²) in [6.07, 6.45) is 3.40. The van der Waals surface area contributed by atoms with Crippen LogP contribution in [-0.4, -0.2) is 40.6 Å². The predicted octanol–water partition coefficient (Wildman–Crippen LogP) is 1.98. The third kappa shape index (κ3) is 2.35. The van der Waals surface area contributed by atoms with Crippen molar-refractivity contribution in [2.24, 2.45) is 5.41 Å². The van der Waals surface area contributed by atoms with Crippen LogP contribution in [0.1, 0.15) is 45.4 Å². The monoisotopic (exact) mass is 257 g/mol. The zero-order valence-corrected chi connectivity index (χ0v) is 10.7. The Hall–Kier alpha value is -1.13. The zero-order valence-electron chi connectivity index (χ0n) is 10.7. The summed E-state index contributed by atoms with van der Waals surface area (Å²) < 4.78 is 13.4. The largest absolute Gasteiger partial charge is 0.480 e. The van der Waals surface area contributed by atoms with Crippen LogP contribution < -0.4 is 0 Å². The van der Waals surface area contributed by atoms with Gasteiger partial charge in [-0.3, -0.25) is 4.79 Å². The van der Waals surface area contributed by atoms with Gasteiger partial charge in [-0.05, 0) is 12.8 Å². The van der Waals surface area contributed by atoms with Crippen molar-refractivity contribution in [3.8, 4) is 0 Å². The number of carbonyl (C=O) groups is 2. The summed E-state index contributed by atoms with van der Waals surface area (Å²) in [4.78, 5) is 24.8. The molecule has 102 valence electrons. The molecule has 1 N–H and O–H groups in total. The molecule has 0 aromatic carbocycles. The molecule has 1 saturated heterocycles. The van der Waals surface area contributed by atoms with Gasteiger partial charge in [-0.15, -0.1) is 0 Å². The minimum Gasteiger partial charge on any atom is -0.480 e. The second-order valence-electron chi connectivity index (χ2n) is 5.77. The van der Waals surface area contributed by atoms with E-state index in [1.54, 1.807) is 0 Å². The number of carboxylic acids is 1. The Kier molecular flexibility index (Phi) is 3.59. The van der Waals surface area contributed by atoms with Gasteiger partial charge in [0.1, 0.15) is 12.2 Å². The van der Waals surface area contributed by atoms with Crippen LogP contribution in [0, 0.1) is 5.41 Å². The molecule has 0 radical (unpaired) electrons. The third-order valence-electron chi connectivity index (χ3n) is 4.27. The highest BCUT2D eigenvalue weighted by molar-refractivity contribution is 5.88. The smallest absolute Gasteiger partial charge is 0.326 e. The molecule has 1 saturated carbocycles. The molecule has 1 amide bonds. The highest BCUT2D eigenvalue weighted by atomic mass is 19.1. The lowest BCUT2D eigenvalue weighted by Crippen LogP contribution is -2.48. The molecular weight excluding hydrogens is 237 g/mol. The minimum atomic E-state index is -1.21. The number of nitrogens with zero attached hydrogens (tertiary/aromatic N) is 1.